The Labute approximate surface area is 121 Å². The first-order valence-corrected chi connectivity index (χ1v) is 6.59. The zero-order valence-electron chi connectivity index (χ0n) is 11.3. The minimum Gasteiger partial charge on any atom is -0.399 e. The molecule has 6 nitrogen and oxygen atoms in total. The maximum absolute atomic E-state index is 10.1. The van der Waals surface area contributed by atoms with Gasteiger partial charge in [0.25, 0.3) is 0 Å². The van der Waals surface area contributed by atoms with Crippen LogP contribution in [0.15, 0.2) is 48.5 Å². The number of fused-ring (bicyclic) bond motifs is 1. The van der Waals surface area contributed by atoms with E-state index in [1.807, 2.05) is 24.3 Å². The van der Waals surface area contributed by atoms with Gasteiger partial charge >= 0.3 is 0 Å². The Morgan fingerprint density at radius 1 is 1.00 bits per heavy atom. The summed E-state index contributed by atoms with van der Waals surface area (Å²) >= 11 is 0. The minimum atomic E-state index is -0.666. The number of aliphatic hydroxyl groups excluding tert-OH is 1. The number of aliphatic hydroxyl groups is 1. The molecule has 0 saturated carbocycles. The summed E-state index contributed by atoms with van der Waals surface area (Å²) in [6, 6.07) is 14.6. The molecule has 1 unspecified atom stereocenters. The summed E-state index contributed by atoms with van der Waals surface area (Å²) in [6.45, 7) is 0.296. The van der Waals surface area contributed by atoms with Gasteiger partial charge in [0.15, 0.2) is 0 Å². The third kappa shape index (κ3) is 3.06. The van der Waals surface area contributed by atoms with E-state index in [0.717, 1.165) is 16.6 Å². The van der Waals surface area contributed by atoms with E-state index in [0.29, 0.717) is 18.2 Å². The number of benzene rings is 2. The molecule has 3 rings (SSSR count). The molecule has 0 saturated heterocycles. The van der Waals surface area contributed by atoms with Gasteiger partial charge < -0.3 is 16.2 Å². The molecule has 1 atom stereocenters. The second-order valence-electron chi connectivity index (χ2n) is 4.69. The van der Waals surface area contributed by atoms with Crippen LogP contribution in [-0.4, -0.2) is 26.8 Å². The number of anilines is 2. The topological polar surface area (TPSA) is 97.0 Å². The quantitative estimate of drug-likeness (QED) is 0.630. The lowest BCUT2D eigenvalue weighted by Gasteiger charge is -2.12. The average molecular weight is 281 g/mol. The maximum Gasteiger partial charge on any atom is 0.243 e. The molecule has 0 radical (unpaired) electrons. The van der Waals surface area contributed by atoms with Crippen LogP contribution in [0.3, 0.4) is 0 Å². The molecule has 0 aliphatic carbocycles. The molecule has 1 heterocycles. The molecule has 3 aromatic rings. The summed E-state index contributed by atoms with van der Waals surface area (Å²) in [5.74, 6) is 0.392. The van der Waals surface area contributed by atoms with Crippen molar-refractivity contribution in [2.75, 3.05) is 17.6 Å². The summed E-state index contributed by atoms with van der Waals surface area (Å²) in [4.78, 5) is 4.34. The number of nitrogens with two attached hydrogens (primary N) is 1. The number of rotatable bonds is 4. The number of aromatic nitrogens is 3. The smallest absolute Gasteiger partial charge is 0.243 e. The van der Waals surface area contributed by atoms with Crippen molar-refractivity contribution in [1.82, 2.24) is 15.2 Å². The lowest BCUT2D eigenvalue weighted by Crippen LogP contribution is -2.14. The molecule has 1 aromatic heterocycles. The SMILES string of the molecule is Nc1ccc(C(O)CNc2nnc3ccccc3n2)cc1. The second kappa shape index (κ2) is 5.72. The van der Waals surface area contributed by atoms with Crippen molar-refractivity contribution in [2.24, 2.45) is 0 Å². The summed E-state index contributed by atoms with van der Waals surface area (Å²) in [6.07, 6.45) is -0.666. The van der Waals surface area contributed by atoms with Gasteiger partial charge in [-0.05, 0) is 29.8 Å². The van der Waals surface area contributed by atoms with Gasteiger partial charge in [0.1, 0.15) is 5.52 Å². The lowest BCUT2D eigenvalue weighted by atomic mass is 10.1. The van der Waals surface area contributed by atoms with E-state index in [9.17, 15) is 5.11 Å². The van der Waals surface area contributed by atoms with Crippen LogP contribution in [0.1, 0.15) is 11.7 Å². The normalized spacial score (nSPS) is 12.2. The van der Waals surface area contributed by atoms with Crippen LogP contribution >= 0.6 is 0 Å². The number of nitrogen functional groups attached to an aromatic ring is 1. The number of hydrogen-bond donors (Lipinski definition) is 3. The van der Waals surface area contributed by atoms with Crippen LogP contribution in [0, 0.1) is 0 Å². The summed E-state index contributed by atoms with van der Waals surface area (Å²) in [7, 11) is 0. The van der Waals surface area contributed by atoms with Crippen LogP contribution in [0.25, 0.3) is 11.0 Å². The van der Waals surface area contributed by atoms with Gasteiger partial charge in [0, 0.05) is 12.2 Å². The molecule has 4 N–H and O–H groups in total. The average Bonchev–Trinajstić information content (AvgIpc) is 2.53. The third-order valence-electron chi connectivity index (χ3n) is 3.14. The zero-order valence-corrected chi connectivity index (χ0v) is 11.3. The second-order valence-corrected chi connectivity index (χ2v) is 4.69. The lowest BCUT2D eigenvalue weighted by molar-refractivity contribution is 0.191. The first-order valence-electron chi connectivity index (χ1n) is 6.59. The van der Waals surface area contributed by atoms with Crippen LogP contribution in [0.4, 0.5) is 11.6 Å². The Hall–Kier alpha value is -2.73. The third-order valence-corrected chi connectivity index (χ3v) is 3.14. The highest BCUT2D eigenvalue weighted by Crippen LogP contribution is 2.15. The number of nitrogens with one attached hydrogen (secondary N) is 1. The van der Waals surface area contributed by atoms with Gasteiger partial charge in [-0.15, -0.1) is 10.2 Å². The van der Waals surface area contributed by atoms with Gasteiger partial charge in [-0.3, -0.25) is 0 Å². The standard InChI is InChI=1S/C15H15N5O/c16-11-7-5-10(6-8-11)14(21)9-17-15-18-12-3-1-2-4-13(12)19-20-15/h1-8,14,21H,9,16H2,(H,17,18,20). The summed E-state index contributed by atoms with van der Waals surface area (Å²) in [5.41, 5.74) is 8.57. The van der Waals surface area contributed by atoms with E-state index >= 15 is 0 Å². The van der Waals surface area contributed by atoms with Crippen molar-refractivity contribution in [2.45, 2.75) is 6.10 Å². The van der Waals surface area contributed by atoms with Gasteiger partial charge in [-0.2, -0.15) is 0 Å². The Balaban J connectivity index is 1.69. The molecule has 0 aliphatic heterocycles. The molecule has 21 heavy (non-hydrogen) atoms. The summed E-state index contributed by atoms with van der Waals surface area (Å²) in [5, 5.41) is 21.1. The maximum atomic E-state index is 10.1. The molecular formula is C15H15N5O. The van der Waals surface area contributed by atoms with E-state index in [1.54, 1.807) is 24.3 Å². The van der Waals surface area contributed by atoms with E-state index in [2.05, 4.69) is 20.5 Å². The highest BCUT2D eigenvalue weighted by molar-refractivity contribution is 5.74. The fourth-order valence-corrected chi connectivity index (χ4v) is 1.98. The predicted octanol–water partition coefficient (Wildman–Crippen LogP) is 1.75. The zero-order chi connectivity index (χ0) is 14.7. The largest absolute Gasteiger partial charge is 0.399 e. The van der Waals surface area contributed by atoms with Gasteiger partial charge in [0.05, 0.1) is 11.6 Å². The van der Waals surface area contributed by atoms with Crippen molar-refractivity contribution in [3.63, 3.8) is 0 Å². The van der Waals surface area contributed by atoms with Crippen LogP contribution in [0.5, 0.6) is 0 Å². The van der Waals surface area contributed by atoms with Gasteiger partial charge in [0.2, 0.25) is 5.95 Å². The molecule has 6 heteroatoms. The Morgan fingerprint density at radius 2 is 1.71 bits per heavy atom. The van der Waals surface area contributed by atoms with Crippen molar-refractivity contribution in [3.05, 3.63) is 54.1 Å². The van der Waals surface area contributed by atoms with E-state index in [1.165, 1.54) is 0 Å². The molecule has 0 fully saturated rings. The number of nitrogens with zero attached hydrogens (tertiary/aromatic N) is 3. The highest BCUT2D eigenvalue weighted by Gasteiger charge is 2.08. The molecule has 0 bridgehead atoms. The van der Waals surface area contributed by atoms with Gasteiger partial charge in [-0.25, -0.2) is 4.98 Å². The monoisotopic (exact) mass is 281 g/mol. The Bertz CT molecular complexity index is 744. The van der Waals surface area contributed by atoms with E-state index in [-0.39, 0.29) is 0 Å². The number of hydrogen-bond acceptors (Lipinski definition) is 6. The van der Waals surface area contributed by atoms with Crippen molar-refractivity contribution in [1.29, 1.82) is 0 Å². The van der Waals surface area contributed by atoms with Crippen LogP contribution in [0.2, 0.25) is 0 Å². The Morgan fingerprint density at radius 3 is 2.48 bits per heavy atom. The fraction of sp³-hybridized carbons (Fsp3) is 0.133. The molecule has 106 valence electrons. The first kappa shape index (κ1) is 13.3. The van der Waals surface area contributed by atoms with Crippen LogP contribution < -0.4 is 11.1 Å². The van der Waals surface area contributed by atoms with E-state index < -0.39 is 6.10 Å². The molecule has 0 spiro atoms. The highest BCUT2D eigenvalue weighted by atomic mass is 16.3. The van der Waals surface area contributed by atoms with E-state index in [4.69, 9.17) is 5.73 Å². The Kier molecular flexibility index (Phi) is 3.61. The minimum absolute atomic E-state index is 0.296. The first-order chi connectivity index (χ1) is 10.2. The molecular weight excluding hydrogens is 266 g/mol. The van der Waals surface area contributed by atoms with Crippen LogP contribution in [-0.2, 0) is 0 Å². The van der Waals surface area contributed by atoms with Crippen molar-refractivity contribution in [3.8, 4) is 0 Å². The molecule has 0 aliphatic rings. The molecule has 2 aromatic carbocycles. The fourth-order valence-electron chi connectivity index (χ4n) is 1.98. The number of para-hydroxylation sites is 1. The predicted molar refractivity (Wildman–Crippen MR) is 81.6 cm³/mol. The van der Waals surface area contributed by atoms with Crippen molar-refractivity contribution >= 4 is 22.7 Å². The molecule has 0 amide bonds. The van der Waals surface area contributed by atoms with Crippen molar-refractivity contribution < 1.29 is 5.11 Å². The van der Waals surface area contributed by atoms with Gasteiger partial charge in [-0.1, -0.05) is 24.3 Å². The summed E-state index contributed by atoms with van der Waals surface area (Å²) < 4.78 is 0.